The van der Waals surface area contributed by atoms with Crippen LogP contribution in [0.1, 0.15) is 47.7 Å². The van der Waals surface area contributed by atoms with Gasteiger partial charge in [0.2, 0.25) is 0 Å². The predicted octanol–water partition coefficient (Wildman–Crippen LogP) is 3.26. The predicted molar refractivity (Wildman–Crippen MR) is 102 cm³/mol. The molecule has 1 unspecified atom stereocenters. The highest BCUT2D eigenvalue weighted by atomic mass is 35.5. The van der Waals surface area contributed by atoms with Crippen LogP contribution >= 0.6 is 12.4 Å². The molecule has 2 fully saturated rings. The Kier molecular flexibility index (Phi) is 5.89. The van der Waals surface area contributed by atoms with Crippen molar-refractivity contribution in [3.05, 3.63) is 53.5 Å². The number of nitrogens with one attached hydrogen (secondary N) is 2. The van der Waals surface area contributed by atoms with Crippen molar-refractivity contribution in [2.75, 3.05) is 32.1 Å². The molecule has 1 saturated heterocycles. The first-order chi connectivity index (χ1) is 11.8. The number of morpholine rings is 1. The van der Waals surface area contributed by atoms with E-state index in [1.807, 2.05) is 13.2 Å². The normalized spacial score (nSPS) is 25.6. The van der Waals surface area contributed by atoms with Crippen molar-refractivity contribution in [1.29, 1.82) is 0 Å². The van der Waals surface area contributed by atoms with Crippen molar-refractivity contribution in [1.82, 2.24) is 15.3 Å². The molecule has 0 bridgehead atoms. The van der Waals surface area contributed by atoms with E-state index in [1.54, 1.807) is 0 Å². The van der Waals surface area contributed by atoms with Gasteiger partial charge in [-0.05, 0) is 48.6 Å². The maximum absolute atomic E-state index is 5.83. The lowest BCUT2D eigenvalue weighted by molar-refractivity contribution is 0.0248. The van der Waals surface area contributed by atoms with Crippen LogP contribution < -0.4 is 10.6 Å². The Morgan fingerprint density at radius 1 is 1.16 bits per heavy atom. The lowest BCUT2D eigenvalue weighted by atomic mass is 9.70. The van der Waals surface area contributed by atoms with Gasteiger partial charge in [-0.1, -0.05) is 6.07 Å². The first-order valence-electron chi connectivity index (χ1n) is 8.76. The number of pyridine rings is 2. The zero-order valence-corrected chi connectivity index (χ0v) is 15.3. The first kappa shape index (κ1) is 18.1. The smallest absolute Gasteiger partial charge is 0.125 e. The molecule has 1 aliphatic heterocycles. The lowest BCUT2D eigenvalue weighted by Crippen LogP contribution is -2.34. The largest absolute Gasteiger partial charge is 0.373 e. The van der Waals surface area contributed by atoms with Gasteiger partial charge >= 0.3 is 0 Å². The Bertz CT molecular complexity index is 699. The summed E-state index contributed by atoms with van der Waals surface area (Å²) in [7, 11) is 1.91. The van der Waals surface area contributed by atoms with Crippen LogP contribution in [0.3, 0.4) is 0 Å². The summed E-state index contributed by atoms with van der Waals surface area (Å²) in [4.78, 5) is 9.19. The molecule has 0 spiro atoms. The third kappa shape index (κ3) is 3.94. The monoisotopic (exact) mass is 360 g/mol. The summed E-state index contributed by atoms with van der Waals surface area (Å²) in [6.07, 6.45) is 4.30. The maximum Gasteiger partial charge on any atom is 0.125 e. The standard InChI is InChI=1S/C19H24N4O.ClH/c1-20-19-11-13(5-6-22-19)14-9-15(10-14)16-3-2-4-17(23-16)18-12-21-7-8-24-18;/h2-6,11,14-15,18,21H,7-10,12H2,1H3,(H,20,22);1H. The van der Waals surface area contributed by atoms with E-state index in [9.17, 15) is 0 Å². The fourth-order valence-electron chi connectivity index (χ4n) is 3.60. The minimum atomic E-state index is 0. The van der Waals surface area contributed by atoms with E-state index in [0.717, 1.165) is 44.0 Å². The Morgan fingerprint density at radius 3 is 2.76 bits per heavy atom. The van der Waals surface area contributed by atoms with E-state index in [1.165, 1.54) is 11.3 Å². The summed E-state index contributed by atoms with van der Waals surface area (Å²) < 4.78 is 5.83. The first-order valence-corrected chi connectivity index (χ1v) is 8.76. The zero-order valence-electron chi connectivity index (χ0n) is 14.4. The van der Waals surface area contributed by atoms with Gasteiger partial charge in [-0.25, -0.2) is 4.98 Å². The number of hydrogen-bond acceptors (Lipinski definition) is 5. The molecule has 0 amide bonds. The van der Waals surface area contributed by atoms with Crippen molar-refractivity contribution in [2.24, 2.45) is 0 Å². The number of ether oxygens (including phenoxy) is 1. The second kappa shape index (κ2) is 8.13. The Balaban J connectivity index is 0.00000182. The van der Waals surface area contributed by atoms with Gasteiger partial charge in [-0.3, -0.25) is 4.98 Å². The number of anilines is 1. The number of aromatic nitrogens is 2. The van der Waals surface area contributed by atoms with Crippen molar-refractivity contribution in [3.63, 3.8) is 0 Å². The van der Waals surface area contributed by atoms with Gasteiger partial charge < -0.3 is 15.4 Å². The summed E-state index contributed by atoms with van der Waals surface area (Å²) in [5, 5.41) is 6.49. The van der Waals surface area contributed by atoms with Crippen LogP contribution in [0.2, 0.25) is 0 Å². The molecule has 2 N–H and O–H groups in total. The van der Waals surface area contributed by atoms with Gasteiger partial charge in [-0.15, -0.1) is 12.4 Å². The Morgan fingerprint density at radius 2 is 2.00 bits per heavy atom. The van der Waals surface area contributed by atoms with Crippen LogP contribution in [0, 0.1) is 0 Å². The fourth-order valence-corrected chi connectivity index (χ4v) is 3.60. The zero-order chi connectivity index (χ0) is 16.4. The molecule has 2 aliphatic rings. The highest BCUT2D eigenvalue weighted by Gasteiger charge is 2.33. The van der Waals surface area contributed by atoms with E-state index in [4.69, 9.17) is 9.72 Å². The highest BCUT2D eigenvalue weighted by molar-refractivity contribution is 5.85. The number of rotatable bonds is 4. The van der Waals surface area contributed by atoms with Crippen molar-refractivity contribution >= 4 is 18.2 Å². The highest BCUT2D eigenvalue weighted by Crippen LogP contribution is 2.47. The molecule has 4 rings (SSSR count). The second-order valence-corrected chi connectivity index (χ2v) is 6.64. The van der Waals surface area contributed by atoms with Crippen molar-refractivity contribution in [3.8, 4) is 0 Å². The molecular formula is C19H25ClN4O. The Labute approximate surface area is 155 Å². The van der Waals surface area contributed by atoms with Gasteiger partial charge in [0.25, 0.3) is 0 Å². The molecule has 3 heterocycles. The minimum Gasteiger partial charge on any atom is -0.373 e. The average molecular weight is 361 g/mol. The number of halogens is 1. The molecule has 5 nitrogen and oxygen atoms in total. The molecule has 0 aromatic carbocycles. The summed E-state index contributed by atoms with van der Waals surface area (Å²) in [6, 6.07) is 10.7. The molecule has 2 aromatic rings. The Hall–Kier alpha value is -1.69. The second-order valence-electron chi connectivity index (χ2n) is 6.64. The molecule has 1 saturated carbocycles. The molecule has 0 radical (unpaired) electrons. The van der Waals surface area contributed by atoms with Crippen molar-refractivity contribution < 1.29 is 4.74 Å². The van der Waals surface area contributed by atoms with Crippen LogP contribution in [-0.4, -0.2) is 36.7 Å². The maximum atomic E-state index is 5.83. The van der Waals surface area contributed by atoms with Crippen molar-refractivity contribution in [2.45, 2.75) is 30.8 Å². The van der Waals surface area contributed by atoms with E-state index in [2.05, 4.69) is 45.9 Å². The molecule has 6 heteroatoms. The van der Waals surface area contributed by atoms with Gasteiger partial charge in [0.1, 0.15) is 11.9 Å². The topological polar surface area (TPSA) is 59.1 Å². The van der Waals surface area contributed by atoms with Gasteiger partial charge in [-0.2, -0.15) is 0 Å². The van der Waals surface area contributed by atoms with Gasteiger partial charge in [0.05, 0.1) is 12.3 Å². The van der Waals surface area contributed by atoms with Crippen LogP contribution in [0.4, 0.5) is 5.82 Å². The molecule has 2 aromatic heterocycles. The van der Waals surface area contributed by atoms with E-state index >= 15 is 0 Å². The third-order valence-corrected chi connectivity index (χ3v) is 5.12. The summed E-state index contributed by atoms with van der Waals surface area (Å²) in [5.41, 5.74) is 3.65. The molecule has 1 aliphatic carbocycles. The minimum absolute atomic E-state index is 0. The van der Waals surface area contributed by atoms with E-state index in [-0.39, 0.29) is 18.5 Å². The van der Waals surface area contributed by atoms with Gasteiger partial charge in [0.15, 0.2) is 0 Å². The molecule has 25 heavy (non-hydrogen) atoms. The third-order valence-electron chi connectivity index (χ3n) is 5.12. The molecule has 1 atom stereocenters. The number of hydrogen-bond donors (Lipinski definition) is 2. The molecule has 134 valence electrons. The van der Waals surface area contributed by atoms with Crippen LogP contribution in [0.5, 0.6) is 0 Å². The van der Waals surface area contributed by atoms with E-state index in [0.29, 0.717) is 11.8 Å². The van der Waals surface area contributed by atoms with E-state index < -0.39 is 0 Å². The fraction of sp³-hybridized carbons (Fsp3) is 0.474. The summed E-state index contributed by atoms with van der Waals surface area (Å²) >= 11 is 0. The number of nitrogens with zero attached hydrogens (tertiary/aromatic N) is 2. The average Bonchev–Trinajstić information content (AvgIpc) is 2.62. The molecular weight excluding hydrogens is 336 g/mol. The quantitative estimate of drug-likeness (QED) is 0.876. The van der Waals surface area contributed by atoms with Crippen LogP contribution in [-0.2, 0) is 4.74 Å². The SMILES string of the molecule is CNc1cc(C2CC(c3cccc(C4CNCCO4)n3)C2)ccn1.Cl. The summed E-state index contributed by atoms with van der Waals surface area (Å²) in [5.74, 6) is 2.11. The lowest BCUT2D eigenvalue weighted by Gasteiger charge is -2.36. The van der Waals surface area contributed by atoms with Crippen LogP contribution in [0.25, 0.3) is 0 Å². The van der Waals surface area contributed by atoms with Crippen LogP contribution in [0.15, 0.2) is 36.5 Å². The van der Waals surface area contributed by atoms with Gasteiger partial charge in [0, 0.05) is 37.9 Å². The summed E-state index contributed by atoms with van der Waals surface area (Å²) in [6.45, 7) is 2.55.